The number of alkyl carbamates (subject to hydrolysis) is 1. The van der Waals surface area contributed by atoms with Gasteiger partial charge in [0.05, 0.1) is 26.3 Å². The van der Waals surface area contributed by atoms with Crippen molar-refractivity contribution in [2.45, 2.75) is 83.8 Å². The Labute approximate surface area is 284 Å². The topological polar surface area (TPSA) is 125 Å². The van der Waals surface area contributed by atoms with E-state index in [0.29, 0.717) is 38.4 Å². The number of hydrogen-bond donors (Lipinski definition) is 1. The minimum atomic E-state index is -1.02. The Balaban J connectivity index is 1.78. The van der Waals surface area contributed by atoms with Crippen LogP contribution in [0.3, 0.4) is 0 Å². The van der Waals surface area contributed by atoms with Crippen LogP contribution < -0.4 is 10.1 Å². The first kappa shape index (κ1) is 38.4. The summed E-state index contributed by atoms with van der Waals surface area (Å²) in [4.78, 5) is 43.3. The number of methoxy groups -OCH3 is 2. The van der Waals surface area contributed by atoms with E-state index in [1.54, 1.807) is 55.8 Å². The number of nitrogens with zero attached hydrogens (tertiary/aromatic N) is 2. The first-order chi connectivity index (χ1) is 22.7. The van der Waals surface area contributed by atoms with Crippen LogP contribution in [-0.2, 0) is 36.5 Å². The monoisotopic (exact) mass is 671 g/mol. The molecule has 0 bridgehead atoms. The van der Waals surface area contributed by atoms with Gasteiger partial charge in [-0.2, -0.15) is 0 Å². The Morgan fingerprint density at radius 3 is 2.10 bits per heavy atom. The molecule has 1 N–H and O–H groups in total. The number of carbonyl (C=O) groups is 3. The summed E-state index contributed by atoms with van der Waals surface area (Å²) in [6.45, 7) is 13.3. The first-order valence-electron chi connectivity index (χ1n) is 16.4. The van der Waals surface area contributed by atoms with Gasteiger partial charge in [-0.15, -0.1) is 0 Å². The molecule has 0 radical (unpaired) electrons. The van der Waals surface area contributed by atoms with E-state index in [9.17, 15) is 14.4 Å². The highest BCUT2D eigenvalue weighted by Gasteiger charge is 2.50. The third-order valence-electron chi connectivity index (χ3n) is 7.50. The molecule has 2 amide bonds. The van der Waals surface area contributed by atoms with Gasteiger partial charge in [0.25, 0.3) is 0 Å². The first-order valence-corrected chi connectivity index (χ1v) is 16.4. The lowest BCUT2D eigenvalue weighted by atomic mass is 10.0. The number of nitrogens with one attached hydrogen (secondary N) is 1. The molecule has 0 spiro atoms. The molecule has 1 aliphatic heterocycles. The molecule has 266 valence electrons. The van der Waals surface area contributed by atoms with Crippen molar-refractivity contribution in [2.75, 3.05) is 53.6 Å². The second-order valence-electron chi connectivity index (χ2n) is 13.7. The summed E-state index contributed by atoms with van der Waals surface area (Å²) in [5, 5.41) is 2.84. The van der Waals surface area contributed by atoms with Crippen LogP contribution in [0.4, 0.5) is 14.4 Å². The molecule has 48 heavy (non-hydrogen) atoms. The van der Waals surface area contributed by atoms with E-state index in [4.69, 9.17) is 28.4 Å². The highest BCUT2D eigenvalue weighted by Crippen LogP contribution is 2.30. The highest BCUT2D eigenvalue weighted by molar-refractivity contribution is 5.71. The second kappa shape index (κ2) is 17.9. The zero-order valence-electron chi connectivity index (χ0n) is 29.7. The molecular formula is C36H53N3O9. The largest absolute Gasteiger partial charge is 0.509 e. The van der Waals surface area contributed by atoms with E-state index in [1.807, 2.05) is 42.5 Å². The molecule has 12 heteroatoms. The summed E-state index contributed by atoms with van der Waals surface area (Å²) in [5.41, 5.74) is 0.483. The third-order valence-corrected chi connectivity index (χ3v) is 7.50. The number of carbonyl (C=O) groups excluding carboxylic acids is 3. The van der Waals surface area contributed by atoms with E-state index in [1.165, 1.54) is 10.5 Å². The quantitative estimate of drug-likeness (QED) is 0.204. The van der Waals surface area contributed by atoms with Crippen LogP contribution in [0.15, 0.2) is 54.6 Å². The summed E-state index contributed by atoms with van der Waals surface area (Å²) in [6.07, 6.45) is -3.12. The minimum absolute atomic E-state index is 0.0583. The van der Waals surface area contributed by atoms with Crippen molar-refractivity contribution in [1.29, 1.82) is 0 Å². The van der Waals surface area contributed by atoms with Crippen molar-refractivity contribution in [3.8, 4) is 5.75 Å². The van der Waals surface area contributed by atoms with Gasteiger partial charge in [-0.05, 0) is 77.6 Å². The average Bonchev–Trinajstić information content (AvgIpc) is 3.33. The summed E-state index contributed by atoms with van der Waals surface area (Å²) < 4.78 is 33.4. The Morgan fingerprint density at radius 1 is 0.833 bits per heavy atom. The second-order valence-corrected chi connectivity index (χ2v) is 13.7. The van der Waals surface area contributed by atoms with Gasteiger partial charge in [0.15, 0.2) is 12.2 Å². The van der Waals surface area contributed by atoms with E-state index in [0.717, 1.165) is 18.5 Å². The fraction of sp³-hybridized carbons (Fsp3) is 0.583. The molecule has 1 saturated heterocycles. The molecule has 3 rings (SSSR count). The van der Waals surface area contributed by atoms with Crippen molar-refractivity contribution in [3.05, 3.63) is 65.7 Å². The molecule has 0 saturated carbocycles. The van der Waals surface area contributed by atoms with Crippen molar-refractivity contribution < 1.29 is 42.8 Å². The van der Waals surface area contributed by atoms with Crippen molar-refractivity contribution in [2.24, 2.45) is 0 Å². The molecule has 0 aliphatic carbocycles. The van der Waals surface area contributed by atoms with Crippen LogP contribution >= 0.6 is 0 Å². The fourth-order valence-electron chi connectivity index (χ4n) is 5.24. The molecule has 2 aromatic rings. The predicted octanol–water partition coefficient (Wildman–Crippen LogP) is 5.46. The summed E-state index contributed by atoms with van der Waals surface area (Å²) in [7, 11) is 3.24. The van der Waals surface area contributed by atoms with Crippen LogP contribution in [0, 0.1) is 0 Å². The zero-order valence-corrected chi connectivity index (χ0v) is 29.7. The molecule has 1 heterocycles. The fourth-order valence-corrected chi connectivity index (χ4v) is 5.24. The van der Waals surface area contributed by atoms with E-state index >= 15 is 0 Å². The Morgan fingerprint density at radius 2 is 1.50 bits per heavy atom. The summed E-state index contributed by atoms with van der Waals surface area (Å²) in [5.74, 6) is 0.677. The summed E-state index contributed by atoms with van der Waals surface area (Å²) >= 11 is 0. The Bertz CT molecular complexity index is 1290. The van der Waals surface area contributed by atoms with Gasteiger partial charge in [0, 0.05) is 33.3 Å². The molecule has 0 unspecified atom stereocenters. The normalized spacial score (nSPS) is 17.9. The smallest absolute Gasteiger partial charge is 0.497 e. The lowest BCUT2D eigenvalue weighted by Gasteiger charge is -2.30. The SMILES string of the molecule is COCCN(CCNC(=O)O[C@@H]1[C@H](OC(=O)OC(C)(C)C)CN(C(=O)OC(C)(C)C)[C@H]1Cc1ccc(OC)cc1)CCc1ccccc1. The Hall–Kier alpha value is -4.03. The van der Waals surface area contributed by atoms with Gasteiger partial charge in [-0.1, -0.05) is 42.5 Å². The number of benzene rings is 2. The zero-order chi connectivity index (χ0) is 35.3. The number of amides is 2. The number of hydrogen-bond acceptors (Lipinski definition) is 10. The molecule has 0 aromatic heterocycles. The maximum absolute atomic E-state index is 13.5. The molecule has 2 aromatic carbocycles. The van der Waals surface area contributed by atoms with Gasteiger partial charge in [-0.3, -0.25) is 9.80 Å². The lowest BCUT2D eigenvalue weighted by molar-refractivity contribution is -0.0518. The van der Waals surface area contributed by atoms with Crippen molar-refractivity contribution in [1.82, 2.24) is 15.1 Å². The number of ether oxygens (including phenoxy) is 6. The molecular weight excluding hydrogens is 618 g/mol. The van der Waals surface area contributed by atoms with Gasteiger partial charge in [0.2, 0.25) is 0 Å². The van der Waals surface area contributed by atoms with Gasteiger partial charge in [-0.25, -0.2) is 14.4 Å². The van der Waals surface area contributed by atoms with E-state index < -0.39 is 47.8 Å². The van der Waals surface area contributed by atoms with Crippen molar-refractivity contribution in [3.63, 3.8) is 0 Å². The van der Waals surface area contributed by atoms with Crippen LogP contribution in [0.2, 0.25) is 0 Å². The van der Waals surface area contributed by atoms with Crippen LogP contribution in [0.25, 0.3) is 0 Å². The average molecular weight is 672 g/mol. The lowest BCUT2D eigenvalue weighted by Crippen LogP contribution is -2.47. The molecule has 1 fully saturated rings. The van der Waals surface area contributed by atoms with Crippen LogP contribution in [0.5, 0.6) is 5.75 Å². The molecule has 1 aliphatic rings. The molecule has 3 atom stereocenters. The summed E-state index contributed by atoms with van der Waals surface area (Å²) in [6, 6.07) is 16.8. The maximum atomic E-state index is 13.5. The standard InChI is InChI=1S/C36H53N3O9/c1-35(2,3)47-33(41)39-25-30(45-34(42)48-36(4,5)6)31(29(39)24-27-14-16-28(44-8)17-15-27)46-32(40)37-19-21-38(22-23-43-7)20-18-26-12-10-9-11-13-26/h9-17,29-31H,18-25H2,1-8H3,(H,37,40)/t29-,30+,31-/m0/s1. The van der Waals surface area contributed by atoms with Gasteiger partial charge in [0.1, 0.15) is 17.0 Å². The highest BCUT2D eigenvalue weighted by atomic mass is 16.7. The minimum Gasteiger partial charge on any atom is -0.497 e. The molecule has 12 nitrogen and oxygen atoms in total. The van der Waals surface area contributed by atoms with Crippen molar-refractivity contribution >= 4 is 18.3 Å². The number of likely N-dealkylation sites (tertiary alicyclic amines) is 1. The predicted molar refractivity (Wildman–Crippen MR) is 181 cm³/mol. The van der Waals surface area contributed by atoms with Crippen LogP contribution in [0.1, 0.15) is 52.7 Å². The Kier molecular flexibility index (Phi) is 14.4. The van der Waals surface area contributed by atoms with E-state index in [2.05, 4.69) is 22.3 Å². The maximum Gasteiger partial charge on any atom is 0.509 e. The third kappa shape index (κ3) is 13.2. The van der Waals surface area contributed by atoms with Crippen LogP contribution in [-0.4, -0.2) is 111 Å². The van der Waals surface area contributed by atoms with Gasteiger partial charge >= 0.3 is 18.3 Å². The van der Waals surface area contributed by atoms with E-state index in [-0.39, 0.29) is 6.54 Å². The van der Waals surface area contributed by atoms with Gasteiger partial charge < -0.3 is 33.7 Å². The number of rotatable bonds is 14.